The number of carbonyl (C=O) groups is 1. The molecule has 2 rings (SSSR count). The number of nitrogens with one attached hydrogen (secondary N) is 2. The van der Waals surface area contributed by atoms with E-state index in [0.717, 1.165) is 11.4 Å². The summed E-state index contributed by atoms with van der Waals surface area (Å²) in [7, 11) is 7.50. The highest BCUT2D eigenvalue weighted by Gasteiger charge is 2.18. The van der Waals surface area contributed by atoms with E-state index in [9.17, 15) is 4.79 Å². The number of carbonyl (C=O) groups excluding carboxylic acids is 1. The summed E-state index contributed by atoms with van der Waals surface area (Å²) < 4.78 is 0. The van der Waals surface area contributed by atoms with Gasteiger partial charge in [-0.1, -0.05) is 12.1 Å². The van der Waals surface area contributed by atoms with E-state index < -0.39 is 0 Å². The Morgan fingerprint density at radius 1 is 1.10 bits per heavy atom. The third-order valence-electron chi connectivity index (χ3n) is 3.29. The number of anilines is 1. The van der Waals surface area contributed by atoms with Crippen LogP contribution in [0.2, 0.25) is 0 Å². The number of aromatic nitrogens is 1. The summed E-state index contributed by atoms with van der Waals surface area (Å²) in [5.41, 5.74) is 2.54. The number of H-pyrrole nitrogens is 1. The predicted molar refractivity (Wildman–Crippen MR) is 85.3 cm³/mol. The van der Waals surface area contributed by atoms with Crippen molar-refractivity contribution in [1.29, 1.82) is 0 Å². The van der Waals surface area contributed by atoms with Crippen LogP contribution in [-0.2, 0) is 0 Å². The molecule has 1 unspecified atom stereocenters. The van der Waals surface area contributed by atoms with Crippen LogP contribution in [0.4, 0.5) is 5.69 Å². The summed E-state index contributed by atoms with van der Waals surface area (Å²) in [5, 5.41) is 3.43. The van der Waals surface area contributed by atoms with Crippen LogP contribution in [0.15, 0.2) is 42.6 Å². The largest absolute Gasteiger partial charge is 0.364 e. The Balaban J connectivity index is 2.32. The summed E-state index contributed by atoms with van der Waals surface area (Å²) in [6, 6.07) is 11.6. The van der Waals surface area contributed by atoms with Gasteiger partial charge < -0.3 is 15.2 Å². The first-order valence-corrected chi connectivity index (χ1v) is 6.87. The number of nitrogens with zero attached hydrogens (tertiary/aromatic N) is 2. The molecule has 0 saturated heterocycles. The van der Waals surface area contributed by atoms with Gasteiger partial charge in [0.25, 0.3) is 5.91 Å². The lowest BCUT2D eigenvalue weighted by atomic mass is 10.1. The van der Waals surface area contributed by atoms with Gasteiger partial charge in [0, 0.05) is 26.0 Å². The van der Waals surface area contributed by atoms with Crippen LogP contribution in [0.1, 0.15) is 22.2 Å². The number of hydrogen-bond acceptors (Lipinski definition) is 3. The van der Waals surface area contributed by atoms with Crippen molar-refractivity contribution in [3.8, 4) is 0 Å². The molecule has 0 bridgehead atoms. The van der Waals surface area contributed by atoms with Crippen molar-refractivity contribution in [2.24, 2.45) is 0 Å². The Morgan fingerprint density at radius 2 is 1.81 bits per heavy atom. The molecule has 0 saturated carbocycles. The minimum atomic E-state index is -0.0314. The first kappa shape index (κ1) is 15.1. The van der Waals surface area contributed by atoms with Crippen molar-refractivity contribution in [1.82, 2.24) is 14.8 Å². The van der Waals surface area contributed by atoms with Gasteiger partial charge in [0.15, 0.2) is 0 Å². The van der Waals surface area contributed by atoms with Gasteiger partial charge in [-0.3, -0.25) is 9.69 Å². The molecule has 5 nitrogen and oxygen atoms in total. The second kappa shape index (κ2) is 6.45. The Labute approximate surface area is 125 Å². The average Bonchev–Trinajstić information content (AvgIpc) is 2.97. The standard InChI is InChI=1S/C16H22N4O/c1-19(2)15(14-10-7-11-17-14)18-13-9-6-5-8-12(13)16(21)20(3)4/h5-11,15,17-18H,1-4H3. The normalized spacial score (nSPS) is 12.2. The van der Waals surface area contributed by atoms with Gasteiger partial charge in [-0.05, 0) is 38.4 Å². The van der Waals surface area contributed by atoms with E-state index in [0.29, 0.717) is 5.56 Å². The molecule has 0 fully saturated rings. The molecule has 1 aromatic heterocycles. The monoisotopic (exact) mass is 286 g/mol. The highest BCUT2D eigenvalue weighted by atomic mass is 16.2. The Kier molecular flexibility index (Phi) is 4.65. The molecule has 2 N–H and O–H groups in total. The quantitative estimate of drug-likeness (QED) is 0.830. The van der Waals surface area contributed by atoms with Gasteiger partial charge in [0.2, 0.25) is 0 Å². The van der Waals surface area contributed by atoms with Gasteiger partial charge in [-0.25, -0.2) is 0 Å². The van der Waals surface area contributed by atoms with Crippen LogP contribution < -0.4 is 5.32 Å². The summed E-state index contributed by atoms with van der Waals surface area (Å²) in [6.07, 6.45) is 1.86. The Bertz CT molecular complexity index is 590. The molecule has 0 aliphatic rings. The van der Waals surface area contributed by atoms with Crippen molar-refractivity contribution in [2.45, 2.75) is 6.17 Å². The van der Waals surface area contributed by atoms with Gasteiger partial charge >= 0.3 is 0 Å². The Hall–Kier alpha value is -2.27. The molecule has 2 aromatic rings. The van der Waals surface area contributed by atoms with E-state index in [-0.39, 0.29) is 12.1 Å². The summed E-state index contributed by atoms with van der Waals surface area (Å²) >= 11 is 0. The fourth-order valence-corrected chi connectivity index (χ4v) is 2.18. The second-order valence-corrected chi connectivity index (χ2v) is 5.38. The van der Waals surface area contributed by atoms with Crippen LogP contribution in [0.25, 0.3) is 0 Å². The van der Waals surface area contributed by atoms with Crippen LogP contribution in [-0.4, -0.2) is 48.9 Å². The smallest absolute Gasteiger partial charge is 0.255 e. The Morgan fingerprint density at radius 3 is 2.38 bits per heavy atom. The zero-order valence-corrected chi connectivity index (χ0v) is 12.9. The lowest BCUT2D eigenvalue weighted by Crippen LogP contribution is -2.29. The minimum Gasteiger partial charge on any atom is -0.364 e. The fraction of sp³-hybridized carbons (Fsp3) is 0.312. The molecule has 0 radical (unpaired) electrons. The molecule has 1 heterocycles. The number of hydrogen-bond donors (Lipinski definition) is 2. The van der Waals surface area contributed by atoms with E-state index in [2.05, 4.69) is 15.2 Å². The maximum atomic E-state index is 12.3. The zero-order valence-electron chi connectivity index (χ0n) is 12.9. The lowest BCUT2D eigenvalue weighted by molar-refractivity contribution is 0.0828. The molecule has 0 aliphatic carbocycles. The van der Waals surface area contributed by atoms with Crippen LogP contribution in [0.5, 0.6) is 0 Å². The van der Waals surface area contributed by atoms with Crippen LogP contribution in [0, 0.1) is 0 Å². The molecule has 112 valence electrons. The first-order chi connectivity index (χ1) is 10.0. The van der Waals surface area contributed by atoms with Crippen LogP contribution >= 0.6 is 0 Å². The fourth-order valence-electron chi connectivity index (χ4n) is 2.18. The summed E-state index contributed by atoms with van der Waals surface area (Å²) in [5.74, 6) is -0.0120. The number of benzene rings is 1. The number of rotatable bonds is 5. The average molecular weight is 286 g/mol. The molecular weight excluding hydrogens is 264 g/mol. The van der Waals surface area contributed by atoms with Gasteiger partial charge in [-0.15, -0.1) is 0 Å². The highest BCUT2D eigenvalue weighted by Crippen LogP contribution is 2.24. The van der Waals surface area contributed by atoms with E-state index in [1.807, 2.05) is 56.7 Å². The molecule has 1 atom stereocenters. The van der Waals surface area contributed by atoms with Crippen LogP contribution in [0.3, 0.4) is 0 Å². The molecule has 21 heavy (non-hydrogen) atoms. The third kappa shape index (κ3) is 3.44. The maximum Gasteiger partial charge on any atom is 0.255 e. The number of para-hydroxylation sites is 1. The zero-order chi connectivity index (χ0) is 15.4. The van der Waals surface area contributed by atoms with E-state index in [1.54, 1.807) is 19.0 Å². The van der Waals surface area contributed by atoms with Crippen molar-refractivity contribution in [2.75, 3.05) is 33.5 Å². The van der Waals surface area contributed by atoms with E-state index >= 15 is 0 Å². The second-order valence-electron chi connectivity index (χ2n) is 5.38. The van der Waals surface area contributed by atoms with Gasteiger partial charge in [-0.2, -0.15) is 0 Å². The molecule has 1 aromatic carbocycles. The molecule has 5 heteroatoms. The van der Waals surface area contributed by atoms with E-state index in [1.165, 1.54) is 0 Å². The number of amides is 1. The molecule has 0 spiro atoms. The van der Waals surface area contributed by atoms with Crippen molar-refractivity contribution < 1.29 is 4.79 Å². The van der Waals surface area contributed by atoms with Crippen molar-refractivity contribution >= 4 is 11.6 Å². The SMILES string of the molecule is CN(C)C(=O)c1ccccc1NC(c1ccc[nH]1)N(C)C. The molecule has 0 aliphatic heterocycles. The van der Waals surface area contributed by atoms with Crippen molar-refractivity contribution in [3.05, 3.63) is 53.9 Å². The lowest BCUT2D eigenvalue weighted by Gasteiger charge is -2.27. The topological polar surface area (TPSA) is 51.4 Å². The highest BCUT2D eigenvalue weighted by molar-refractivity contribution is 5.99. The third-order valence-corrected chi connectivity index (χ3v) is 3.29. The maximum absolute atomic E-state index is 12.3. The van der Waals surface area contributed by atoms with Crippen molar-refractivity contribution in [3.63, 3.8) is 0 Å². The molecule has 1 amide bonds. The van der Waals surface area contributed by atoms with Gasteiger partial charge in [0.1, 0.15) is 6.17 Å². The minimum absolute atomic E-state index is 0.0120. The first-order valence-electron chi connectivity index (χ1n) is 6.87. The number of aromatic amines is 1. The molecular formula is C16H22N4O. The van der Waals surface area contributed by atoms with E-state index in [4.69, 9.17) is 0 Å². The van der Waals surface area contributed by atoms with Gasteiger partial charge in [0.05, 0.1) is 11.3 Å². The predicted octanol–water partition coefficient (Wildman–Crippen LogP) is 2.39. The summed E-state index contributed by atoms with van der Waals surface area (Å²) in [4.78, 5) is 19.1. The summed E-state index contributed by atoms with van der Waals surface area (Å²) in [6.45, 7) is 0.